The van der Waals surface area contributed by atoms with Gasteiger partial charge in [-0.25, -0.2) is 4.98 Å². The number of nitrogens with zero attached hydrogens (tertiary/aromatic N) is 4. The Balaban J connectivity index is 1.02. The number of fused-ring (bicyclic) bond motifs is 9. The number of pyridine rings is 1. The number of hydrogen-bond donors (Lipinski definition) is 0. The molecule has 107 heavy (non-hydrogen) atoms. The van der Waals surface area contributed by atoms with Gasteiger partial charge >= 0.3 is 12.4 Å². The lowest BCUT2D eigenvalue weighted by molar-refractivity contribution is -0.140. The molecule has 0 bridgehead atoms. The maximum absolute atomic E-state index is 17.1. The minimum absolute atomic E-state index is 0.124. The zero-order valence-electron chi connectivity index (χ0n) is 57.2. The molecule has 510 valence electrons. The maximum Gasteiger partial charge on any atom is 0.417 e. The summed E-state index contributed by atoms with van der Waals surface area (Å²) in [6.45, 7) is 0. The number of alkyl halides is 6. The van der Waals surface area contributed by atoms with Gasteiger partial charge in [-0.2, -0.15) is 26.3 Å². The Morgan fingerprint density at radius 3 is 0.738 bits per heavy atom. The monoisotopic (exact) mass is 1390 g/mol. The molecule has 10 heteroatoms. The van der Waals surface area contributed by atoms with Gasteiger partial charge in [0.05, 0.1) is 72.7 Å². The van der Waals surface area contributed by atoms with E-state index in [1.165, 1.54) is 12.1 Å². The number of aromatic nitrogens is 4. The summed E-state index contributed by atoms with van der Waals surface area (Å²) in [4.78, 5) is 4.68. The number of halogens is 6. The van der Waals surface area contributed by atoms with Gasteiger partial charge in [0, 0.05) is 43.4 Å². The quantitative estimate of drug-likeness (QED) is 0.112. The van der Waals surface area contributed by atoms with Crippen LogP contribution in [0.4, 0.5) is 26.3 Å². The Kier molecular flexibility index (Phi) is 15.4. The summed E-state index contributed by atoms with van der Waals surface area (Å²) in [7, 11) is 0. The third kappa shape index (κ3) is 11.3. The molecular weight excluding hydrogens is 1340 g/mol. The minimum atomic E-state index is -5.23. The minimum Gasteiger partial charge on any atom is -0.307 e. The molecule has 0 unspecified atom stereocenters. The van der Waals surface area contributed by atoms with E-state index in [1.54, 1.807) is 48.5 Å². The van der Waals surface area contributed by atoms with Gasteiger partial charge in [-0.3, -0.25) is 0 Å². The fraction of sp³-hybridized carbons (Fsp3) is 0.0206. The van der Waals surface area contributed by atoms with E-state index in [0.29, 0.717) is 62.5 Å². The van der Waals surface area contributed by atoms with Crippen LogP contribution in [0.3, 0.4) is 0 Å². The van der Waals surface area contributed by atoms with Crippen molar-refractivity contribution in [3.63, 3.8) is 0 Å². The molecule has 0 atom stereocenters. The van der Waals surface area contributed by atoms with Crippen molar-refractivity contribution >= 4 is 65.4 Å². The molecule has 0 amide bonds. The van der Waals surface area contributed by atoms with Crippen molar-refractivity contribution in [2.75, 3.05) is 0 Å². The van der Waals surface area contributed by atoms with E-state index in [-0.39, 0.29) is 11.3 Å². The Labute approximate surface area is 611 Å². The molecule has 0 radical (unpaired) electrons. The molecule has 0 aliphatic carbocycles. The van der Waals surface area contributed by atoms with E-state index in [9.17, 15) is 0 Å². The number of benzene rings is 15. The molecule has 0 aliphatic rings. The second-order valence-corrected chi connectivity index (χ2v) is 27.2. The van der Waals surface area contributed by atoms with Crippen LogP contribution in [-0.4, -0.2) is 18.7 Å². The first-order chi connectivity index (χ1) is 52.3. The predicted octanol–water partition coefficient (Wildman–Crippen LogP) is 27.4. The molecular formula is C97H60F6N4. The second-order valence-electron chi connectivity index (χ2n) is 27.2. The van der Waals surface area contributed by atoms with E-state index in [0.717, 1.165) is 110 Å². The first-order valence-corrected chi connectivity index (χ1v) is 35.4. The Bertz CT molecular complexity index is 6150. The zero-order chi connectivity index (χ0) is 72.1. The Morgan fingerprint density at radius 2 is 0.449 bits per heavy atom. The SMILES string of the molecule is FC(F)(F)c1cc(-c2cccc(-c3ccccc3)n2)c(C(F)(F)F)cc1-c1cc(-n2c3ccc(-c4ccccc4)cc3c3cc(-c4ccccc4)ccc32)c(-n2c3ccc(-c4ccccc4)cc3c3cc(-c4ccccc4)ccc32)c(-n2c3ccc(-c4ccccc4)cc3c3cc(-c4ccccc4)ccc32)c1. The van der Waals surface area contributed by atoms with Crippen molar-refractivity contribution in [3.8, 4) is 117 Å². The van der Waals surface area contributed by atoms with E-state index in [2.05, 4.69) is 201 Å². The van der Waals surface area contributed by atoms with Crippen LogP contribution in [0.25, 0.3) is 183 Å². The van der Waals surface area contributed by atoms with E-state index < -0.39 is 34.6 Å². The average Bonchev–Trinajstić information content (AvgIpc) is 1.58. The van der Waals surface area contributed by atoms with Crippen LogP contribution in [0, 0.1) is 0 Å². The van der Waals surface area contributed by atoms with Crippen LogP contribution < -0.4 is 0 Å². The number of hydrogen-bond acceptors (Lipinski definition) is 1. The van der Waals surface area contributed by atoms with Gasteiger partial charge < -0.3 is 13.7 Å². The molecule has 19 aromatic rings. The van der Waals surface area contributed by atoms with Crippen LogP contribution in [0.1, 0.15) is 11.1 Å². The van der Waals surface area contributed by atoms with Crippen molar-refractivity contribution in [3.05, 3.63) is 375 Å². The summed E-state index contributed by atoms with van der Waals surface area (Å²) in [5.41, 5.74) is 13.7. The highest BCUT2D eigenvalue weighted by Gasteiger charge is 2.41. The summed E-state index contributed by atoms with van der Waals surface area (Å²) in [5.74, 6) is 0. The lowest BCUT2D eigenvalue weighted by Crippen LogP contribution is -2.14. The third-order valence-corrected chi connectivity index (χ3v) is 20.9. The summed E-state index contributed by atoms with van der Waals surface area (Å²) in [6, 6.07) is 117. The van der Waals surface area contributed by atoms with Crippen molar-refractivity contribution in [1.29, 1.82) is 0 Å². The van der Waals surface area contributed by atoms with Crippen molar-refractivity contribution in [2.45, 2.75) is 12.4 Å². The second kappa shape index (κ2) is 25.7. The van der Waals surface area contributed by atoms with Crippen molar-refractivity contribution in [1.82, 2.24) is 18.7 Å². The van der Waals surface area contributed by atoms with Gasteiger partial charge in [-0.1, -0.05) is 255 Å². The zero-order valence-corrected chi connectivity index (χ0v) is 57.2. The molecule has 0 saturated heterocycles. The molecule has 0 spiro atoms. The van der Waals surface area contributed by atoms with Crippen LogP contribution in [0.2, 0.25) is 0 Å². The lowest BCUT2D eigenvalue weighted by atomic mass is 9.90. The van der Waals surface area contributed by atoms with E-state index in [1.807, 2.05) is 109 Å². The van der Waals surface area contributed by atoms with Crippen LogP contribution in [0.15, 0.2) is 364 Å². The standard InChI is InChI=1S/C97H60F6N4/c98-96(99,100)83-60-82(86-38-22-37-85(104-86)67-35-20-7-21-36-67)84(97(101,102)103)59-75(83)74-57-93(105-87-45-39-68(61-23-8-1-9-24-61)51-76(87)77-52-69(40-46-88(77)105)62-25-10-2-11-26-62)95(107-91-49-43-72(65-31-16-5-17-32-65)55-80(91)81-56-73(44-50-92(81)107)66-33-18-6-19-34-66)94(58-74)106-89-47-41-70(63-27-12-3-13-28-63)53-78(89)79-54-71(42-48-90(79)106)64-29-14-4-15-30-64/h1-60H. The van der Waals surface area contributed by atoms with Gasteiger partial charge in [0.25, 0.3) is 0 Å². The topological polar surface area (TPSA) is 27.7 Å². The molecule has 0 fully saturated rings. The third-order valence-electron chi connectivity index (χ3n) is 20.9. The summed E-state index contributed by atoms with van der Waals surface area (Å²) >= 11 is 0. The van der Waals surface area contributed by atoms with Gasteiger partial charge in [-0.05, 0) is 187 Å². The highest BCUT2D eigenvalue weighted by molar-refractivity contribution is 6.17. The molecule has 15 aromatic carbocycles. The Morgan fingerprint density at radius 1 is 0.196 bits per heavy atom. The van der Waals surface area contributed by atoms with Gasteiger partial charge in [0.2, 0.25) is 0 Å². The van der Waals surface area contributed by atoms with Crippen molar-refractivity contribution < 1.29 is 26.3 Å². The molecule has 0 N–H and O–H groups in total. The van der Waals surface area contributed by atoms with E-state index in [4.69, 9.17) is 0 Å². The average molecular weight is 1400 g/mol. The summed E-state index contributed by atoms with van der Waals surface area (Å²) < 4.78 is 108. The fourth-order valence-corrected chi connectivity index (χ4v) is 15.9. The van der Waals surface area contributed by atoms with Gasteiger partial charge in [0.15, 0.2) is 0 Å². The maximum atomic E-state index is 17.1. The van der Waals surface area contributed by atoms with Crippen LogP contribution in [-0.2, 0) is 12.4 Å². The normalized spacial score (nSPS) is 12.0. The van der Waals surface area contributed by atoms with Crippen LogP contribution >= 0.6 is 0 Å². The lowest BCUT2D eigenvalue weighted by Gasteiger charge is -2.25. The molecule has 4 nitrogen and oxygen atoms in total. The Hall–Kier alpha value is -13.6. The molecule has 0 saturated carbocycles. The number of rotatable bonds is 12. The van der Waals surface area contributed by atoms with Gasteiger partial charge in [-0.15, -0.1) is 0 Å². The van der Waals surface area contributed by atoms with Gasteiger partial charge in [0.1, 0.15) is 0 Å². The van der Waals surface area contributed by atoms with Crippen LogP contribution in [0.5, 0.6) is 0 Å². The predicted molar refractivity (Wildman–Crippen MR) is 426 cm³/mol. The highest BCUT2D eigenvalue weighted by Crippen LogP contribution is 2.51. The molecule has 19 rings (SSSR count). The summed E-state index contributed by atoms with van der Waals surface area (Å²) in [5, 5.41) is 5.12. The first kappa shape index (κ1) is 64.3. The smallest absolute Gasteiger partial charge is 0.307 e. The largest absolute Gasteiger partial charge is 0.417 e. The molecule has 4 heterocycles. The van der Waals surface area contributed by atoms with E-state index >= 15 is 26.3 Å². The molecule has 0 aliphatic heterocycles. The molecule has 4 aromatic heterocycles. The fourth-order valence-electron chi connectivity index (χ4n) is 15.9. The first-order valence-electron chi connectivity index (χ1n) is 35.4. The van der Waals surface area contributed by atoms with Crippen molar-refractivity contribution in [2.24, 2.45) is 0 Å². The summed E-state index contributed by atoms with van der Waals surface area (Å²) in [6.07, 6.45) is -10.4. The highest BCUT2D eigenvalue weighted by atomic mass is 19.4.